The van der Waals surface area contributed by atoms with Crippen molar-refractivity contribution in [1.29, 1.82) is 0 Å². The van der Waals surface area contributed by atoms with Crippen LogP contribution in [0.15, 0.2) is 67.1 Å². The SMILES string of the molecule is O=S(=O)(O)n1cncc1C1(O)CC(c2ccccc2)c2ccccc21. The summed E-state index contributed by atoms with van der Waals surface area (Å²) in [6.07, 6.45) is 2.52. The summed E-state index contributed by atoms with van der Waals surface area (Å²) in [5.74, 6) is -0.0906. The maximum Gasteiger partial charge on any atom is 0.365 e. The van der Waals surface area contributed by atoms with Crippen LogP contribution in [0.1, 0.15) is 34.7 Å². The molecule has 4 rings (SSSR count). The zero-order valence-corrected chi connectivity index (χ0v) is 14.0. The standard InChI is InChI=1S/C18H16N2O4S/c21-18(17-11-19-12-20(17)25(22,23)24)10-15(13-6-2-1-3-7-13)14-8-4-5-9-16(14)18/h1-9,11-12,15,21H,10H2,(H,22,23,24). The van der Waals surface area contributed by atoms with Crippen LogP contribution in [0.5, 0.6) is 0 Å². The first kappa shape index (κ1) is 16.0. The number of nitrogens with zero attached hydrogens (tertiary/aromatic N) is 2. The Morgan fingerprint density at radius 3 is 2.48 bits per heavy atom. The van der Waals surface area contributed by atoms with E-state index >= 15 is 0 Å². The number of hydrogen-bond donors (Lipinski definition) is 2. The fourth-order valence-electron chi connectivity index (χ4n) is 3.67. The van der Waals surface area contributed by atoms with Gasteiger partial charge in [0.2, 0.25) is 0 Å². The Bertz CT molecular complexity index is 1030. The first-order valence-corrected chi connectivity index (χ1v) is 9.18. The van der Waals surface area contributed by atoms with E-state index in [2.05, 4.69) is 4.98 Å². The van der Waals surface area contributed by atoms with E-state index in [0.717, 1.165) is 17.5 Å². The summed E-state index contributed by atoms with van der Waals surface area (Å²) in [6, 6.07) is 17.1. The highest BCUT2D eigenvalue weighted by Gasteiger charge is 2.46. The minimum absolute atomic E-state index is 0.0286. The molecule has 7 heteroatoms. The van der Waals surface area contributed by atoms with Gasteiger partial charge in [0.25, 0.3) is 0 Å². The van der Waals surface area contributed by atoms with Crippen LogP contribution in [0.4, 0.5) is 0 Å². The molecule has 0 bridgehead atoms. The normalized spacial score (nSPS) is 22.7. The van der Waals surface area contributed by atoms with Crippen LogP contribution in [0.3, 0.4) is 0 Å². The van der Waals surface area contributed by atoms with E-state index in [1.807, 2.05) is 42.5 Å². The van der Waals surface area contributed by atoms with E-state index in [-0.39, 0.29) is 18.0 Å². The zero-order chi connectivity index (χ0) is 17.7. The van der Waals surface area contributed by atoms with E-state index in [1.165, 1.54) is 6.20 Å². The highest BCUT2D eigenvalue weighted by molar-refractivity contribution is 7.84. The van der Waals surface area contributed by atoms with Crippen molar-refractivity contribution < 1.29 is 18.1 Å². The summed E-state index contributed by atoms with van der Waals surface area (Å²) >= 11 is 0. The fourth-order valence-corrected chi connectivity index (χ4v) is 4.29. The molecule has 6 nitrogen and oxygen atoms in total. The van der Waals surface area contributed by atoms with Gasteiger partial charge in [-0.3, -0.25) is 4.55 Å². The second kappa shape index (κ2) is 5.52. The van der Waals surface area contributed by atoms with E-state index in [0.29, 0.717) is 9.54 Å². The van der Waals surface area contributed by atoms with Gasteiger partial charge in [-0.1, -0.05) is 54.6 Å². The molecule has 2 unspecified atom stereocenters. The predicted octanol–water partition coefficient (Wildman–Crippen LogP) is 2.31. The van der Waals surface area contributed by atoms with E-state index in [1.54, 1.807) is 12.1 Å². The van der Waals surface area contributed by atoms with Crippen LogP contribution in [0, 0.1) is 0 Å². The molecule has 0 saturated carbocycles. The maximum atomic E-state index is 11.6. The summed E-state index contributed by atoms with van der Waals surface area (Å²) in [7, 11) is -4.56. The lowest BCUT2D eigenvalue weighted by molar-refractivity contribution is 0.0739. The second-order valence-corrected chi connectivity index (χ2v) is 7.46. The lowest BCUT2D eigenvalue weighted by Crippen LogP contribution is -2.30. The molecule has 1 aliphatic rings. The molecule has 1 aromatic heterocycles. The van der Waals surface area contributed by atoms with Crippen LogP contribution in [-0.2, 0) is 15.9 Å². The third-order valence-electron chi connectivity index (χ3n) is 4.76. The molecule has 2 N–H and O–H groups in total. The number of aliphatic hydroxyl groups is 1. The molecule has 3 aromatic rings. The topological polar surface area (TPSA) is 92.4 Å². The summed E-state index contributed by atoms with van der Waals surface area (Å²) in [6.45, 7) is 0. The van der Waals surface area contributed by atoms with Gasteiger partial charge in [-0.05, 0) is 23.1 Å². The summed E-state index contributed by atoms with van der Waals surface area (Å²) < 4.78 is 33.4. The molecule has 0 spiro atoms. The van der Waals surface area contributed by atoms with Crippen molar-refractivity contribution in [2.45, 2.75) is 17.9 Å². The van der Waals surface area contributed by atoms with Crippen LogP contribution < -0.4 is 0 Å². The number of rotatable bonds is 3. The zero-order valence-electron chi connectivity index (χ0n) is 13.1. The van der Waals surface area contributed by atoms with Crippen LogP contribution in [0.25, 0.3) is 0 Å². The van der Waals surface area contributed by atoms with Crippen molar-refractivity contribution in [3.05, 3.63) is 89.5 Å². The quantitative estimate of drug-likeness (QED) is 0.703. The molecule has 1 aliphatic carbocycles. The third-order valence-corrected chi connectivity index (χ3v) is 5.55. The Kier molecular flexibility index (Phi) is 3.54. The van der Waals surface area contributed by atoms with Gasteiger partial charge in [0.05, 0.1) is 11.9 Å². The minimum atomic E-state index is -4.56. The highest BCUT2D eigenvalue weighted by atomic mass is 32.2. The van der Waals surface area contributed by atoms with Gasteiger partial charge in [0, 0.05) is 5.92 Å². The van der Waals surface area contributed by atoms with Crippen molar-refractivity contribution in [3.63, 3.8) is 0 Å². The Morgan fingerprint density at radius 2 is 1.76 bits per heavy atom. The molecule has 2 aromatic carbocycles. The monoisotopic (exact) mass is 356 g/mol. The summed E-state index contributed by atoms with van der Waals surface area (Å²) in [5.41, 5.74) is 1.04. The van der Waals surface area contributed by atoms with E-state index < -0.39 is 15.9 Å². The first-order valence-electron chi connectivity index (χ1n) is 7.79. The van der Waals surface area contributed by atoms with Crippen LogP contribution in [0.2, 0.25) is 0 Å². The molecule has 0 saturated heterocycles. The van der Waals surface area contributed by atoms with Crippen molar-refractivity contribution in [3.8, 4) is 0 Å². The Morgan fingerprint density at radius 1 is 1.08 bits per heavy atom. The molecule has 1 heterocycles. The minimum Gasteiger partial charge on any atom is -0.379 e. The summed E-state index contributed by atoms with van der Waals surface area (Å²) in [4.78, 5) is 3.81. The molecule has 25 heavy (non-hydrogen) atoms. The lowest BCUT2D eigenvalue weighted by Gasteiger charge is -2.25. The van der Waals surface area contributed by atoms with Gasteiger partial charge in [-0.15, -0.1) is 0 Å². The largest absolute Gasteiger partial charge is 0.379 e. The number of fused-ring (bicyclic) bond motifs is 1. The van der Waals surface area contributed by atoms with Gasteiger partial charge in [-0.2, -0.15) is 8.42 Å². The Balaban J connectivity index is 1.92. The van der Waals surface area contributed by atoms with Gasteiger partial charge >= 0.3 is 10.3 Å². The summed E-state index contributed by atoms with van der Waals surface area (Å²) in [5, 5.41) is 11.4. The number of hydrogen-bond acceptors (Lipinski definition) is 4. The van der Waals surface area contributed by atoms with Gasteiger partial charge in [0.1, 0.15) is 11.9 Å². The number of aromatic nitrogens is 2. The van der Waals surface area contributed by atoms with Gasteiger partial charge in [0.15, 0.2) is 0 Å². The van der Waals surface area contributed by atoms with Crippen LogP contribution >= 0.6 is 0 Å². The Labute approximate surface area is 145 Å². The van der Waals surface area contributed by atoms with Crippen molar-refractivity contribution in [2.75, 3.05) is 0 Å². The number of benzene rings is 2. The lowest BCUT2D eigenvalue weighted by atomic mass is 9.90. The molecule has 0 fully saturated rings. The Hall–Kier alpha value is -2.48. The van der Waals surface area contributed by atoms with Crippen molar-refractivity contribution in [1.82, 2.24) is 8.96 Å². The predicted molar refractivity (Wildman–Crippen MR) is 91.5 cm³/mol. The maximum absolute atomic E-state index is 11.6. The average molecular weight is 356 g/mol. The molecule has 128 valence electrons. The molecule has 0 radical (unpaired) electrons. The smallest absolute Gasteiger partial charge is 0.365 e. The average Bonchev–Trinajstić information content (AvgIpc) is 3.21. The third kappa shape index (κ3) is 2.48. The molecule has 0 amide bonds. The van der Waals surface area contributed by atoms with Gasteiger partial charge in [-0.25, -0.2) is 8.96 Å². The molecule has 2 atom stereocenters. The van der Waals surface area contributed by atoms with E-state index in [4.69, 9.17) is 0 Å². The molecule has 0 aliphatic heterocycles. The molecular weight excluding hydrogens is 340 g/mol. The number of imidazole rings is 1. The highest BCUT2D eigenvalue weighted by Crippen LogP contribution is 2.50. The first-order chi connectivity index (χ1) is 11.9. The van der Waals surface area contributed by atoms with E-state index in [9.17, 15) is 18.1 Å². The van der Waals surface area contributed by atoms with Gasteiger partial charge < -0.3 is 5.11 Å². The van der Waals surface area contributed by atoms with Crippen molar-refractivity contribution >= 4 is 10.3 Å². The van der Waals surface area contributed by atoms with Crippen LogP contribution in [-0.4, -0.2) is 27.0 Å². The fraction of sp³-hybridized carbons (Fsp3) is 0.167. The molecular formula is C18H16N2O4S. The van der Waals surface area contributed by atoms with Crippen molar-refractivity contribution in [2.24, 2.45) is 0 Å². The second-order valence-electron chi connectivity index (χ2n) is 6.17.